The van der Waals surface area contributed by atoms with Crippen LogP contribution in [0.4, 0.5) is 0 Å². The summed E-state index contributed by atoms with van der Waals surface area (Å²) in [5.74, 6) is 0.242. The molecule has 0 saturated carbocycles. The van der Waals surface area contributed by atoms with Gasteiger partial charge in [-0.3, -0.25) is 9.36 Å². The van der Waals surface area contributed by atoms with Gasteiger partial charge in [-0.15, -0.1) is 0 Å². The molecule has 0 fully saturated rings. The van der Waals surface area contributed by atoms with Crippen LogP contribution in [-0.4, -0.2) is 17.1 Å². The van der Waals surface area contributed by atoms with Gasteiger partial charge in [-0.1, -0.05) is 89.7 Å². The Kier molecular flexibility index (Phi) is 7.78. The van der Waals surface area contributed by atoms with E-state index in [4.69, 9.17) is 21.1 Å². The molecule has 0 amide bonds. The maximum Gasteiger partial charge on any atom is 0.338 e. The van der Waals surface area contributed by atoms with E-state index in [1.807, 2.05) is 60.7 Å². The lowest BCUT2D eigenvalue weighted by Gasteiger charge is -2.24. The summed E-state index contributed by atoms with van der Waals surface area (Å²) in [6, 6.07) is 28.5. The molecule has 0 radical (unpaired) electrons. The predicted molar refractivity (Wildman–Crippen MR) is 167 cm³/mol. The Morgan fingerprint density at radius 1 is 1.00 bits per heavy atom. The molecule has 4 aromatic carbocycles. The third-order valence-electron chi connectivity index (χ3n) is 7.15. The molecule has 6 rings (SSSR count). The van der Waals surface area contributed by atoms with Crippen LogP contribution in [0.3, 0.4) is 0 Å². The van der Waals surface area contributed by atoms with Crippen LogP contribution in [0.5, 0.6) is 5.75 Å². The van der Waals surface area contributed by atoms with Crippen LogP contribution in [0, 0.1) is 0 Å². The monoisotopic (exact) mass is 594 g/mol. The molecule has 0 bridgehead atoms. The number of aromatic nitrogens is 1. The molecule has 0 saturated heterocycles. The number of rotatable bonds is 7. The fraction of sp³-hybridized carbons (Fsp3) is 0.147. The number of esters is 1. The Morgan fingerprint density at radius 3 is 2.50 bits per heavy atom. The second kappa shape index (κ2) is 11.8. The van der Waals surface area contributed by atoms with E-state index >= 15 is 0 Å². The van der Waals surface area contributed by atoms with Crippen molar-refractivity contribution in [1.29, 1.82) is 0 Å². The van der Waals surface area contributed by atoms with Crippen molar-refractivity contribution in [2.24, 2.45) is 4.99 Å². The lowest BCUT2D eigenvalue weighted by Crippen LogP contribution is -2.39. The maximum absolute atomic E-state index is 13.8. The molecule has 8 heteroatoms. The summed E-state index contributed by atoms with van der Waals surface area (Å²) in [5.41, 5.74) is 3.34. The van der Waals surface area contributed by atoms with E-state index < -0.39 is 12.0 Å². The van der Waals surface area contributed by atoms with E-state index in [9.17, 15) is 9.59 Å². The van der Waals surface area contributed by atoms with Gasteiger partial charge >= 0.3 is 5.97 Å². The van der Waals surface area contributed by atoms with Crippen LogP contribution in [0.25, 0.3) is 16.8 Å². The SMILES string of the molecule is CCOC(=O)C1=C(C)N=c2sc(=Cc3ccc(OCc4cccc5ccccc45)cc3)c(=O)n2[C@@H]1c1ccc(Cl)cc1. The first-order chi connectivity index (χ1) is 20.4. The Bertz CT molecular complexity index is 2000. The van der Waals surface area contributed by atoms with Crippen molar-refractivity contribution in [1.82, 2.24) is 4.57 Å². The average molecular weight is 595 g/mol. The third kappa shape index (κ3) is 5.41. The van der Waals surface area contributed by atoms with Gasteiger partial charge in [0, 0.05) is 5.02 Å². The molecule has 0 N–H and O–H groups in total. The lowest BCUT2D eigenvalue weighted by atomic mass is 9.96. The normalized spacial score (nSPS) is 14.9. The minimum Gasteiger partial charge on any atom is -0.489 e. The first-order valence-corrected chi connectivity index (χ1v) is 14.8. The molecule has 42 heavy (non-hydrogen) atoms. The summed E-state index contributed by atoms with van der Waals surface area (Å²) in [6.45, 7) is 4.19. The second-order valence-corrected chi connectivity index (χ2v) is 11.3. The quantitative estimate of drug-likeness (QED) is 0.211. The number of carbonyl (C=O) groups is 1. The van der Waals surface area contributed by atoms with Gasteiger partial charge in [0.25, 0.3) is 5.56 Å². The molecule has 1 aliphatic rings. The highest BCUT2D eigenvalue weighted by atomic mass is 35.5. The van der Waals surface area contributed by atoms with Crippen molar-refractivity contribution < 1.29 is 14.3 Å². The van der Waals surface area contributed by atoms with Crippen LogP contribution >= 0.6 is 22.9 Å². The van der Waals surface area contributed by atoms with Crippen molar-refractivity contribution >= 4 is 45.8 Å². The molecular weight excluding hydrogens is 568 g/mol. The zero-order chi connectivity index (χ0) is 29.2. The molecule has 5 aromatic rings. The van der Waals surface area contributed by atoms with Crippen LogP contribution in [0.2, 0.25) is 5.02 Å². The van der Waals surface area contributed by atoms with E-state index in [1.165, 1.54) is 22.1 Å². The van der Waals surface area contributed by atoms with Crippen LogP contribution in [0.15, 0.2) is 112 Å². The summed E-state index contributed by atoms with van der Waals surface area (Å²) in [4.78, 5) is 32.0. The number of fused-ring (bicyclic) bond motifs is 2. The third-order valence-corrected chi connectivity index (χ3v) is 8.39. The van der Waals surface area contributed by atoms with E-state index in [-0.39, 0.29) is 12.2 Å². The average Bonchev–Trinajstić information content (AvgIpc) is 3.30. The van der Waals surface area contributed by atoms with Crippen molar-refractivity contribution in [3.8, 4) is 5.75 Å². The summed E-state index contributed by atoms with van der Waals surface area (Å²) in [7, 11) is 0. The molecule has 0 unspecified atom stereocenters. The van der Waals surface area contributed by atoms with Gasteiger partial charge in [-0.05, 0) is 71.7 Å². The molecule has 210 valence electrons. The fourth-order valence-corrected chi connectivity index (χ4v) is 6.32. The van der Waals surface area contributed by atoms with E-state index in [2.05, 4.69) is 29.3 Å². The van der Waals surface area contributed by atoms with Crippen molar-refractivity contribution in [3.05, 3.63) is 144 Å². The fourth-order valence-electron chi connectivity index (χ4n) is 5.14. The van der Waals surface area contributed by atoms with Crippen LogP contribution in [0.1, 0.15) is 36.6 Å². The van der Waals surface area contributed by atoms with Crippen LogP contribution < -0.4 is 19.6 Å². The first kappa shape index (κ1) is 27.7. The van der Waals surface area contributed by atoms with Gasteiger partial charge in [-0.25, -0.2) is 9.79 Å². The highest BCUT2D eigenvalue weighted by Crippen LogP contribution is 2.31. The van der Waals surface area contributed by atoms with Crippen molar-refractivity contribution in [2.45, 2.75) is 26.5 Å². The van der Waals surface area contributed by atoms with Gasteiger partial charge < -0.3 is 9.47 Å². The molecule has 0 aliphatic carbocycles. The Morgan fingerprint density at radius 2 is 1.74 bits per heavy atom. The van der Waals surface area contributed by atoms with Gasteiger partial charge in [0.2, 0.25) is 0 Å². The Balaban J connectivity index is 1.31. The summed E-state index contributed by atoms with van der Waals surface area (Å²) in [5, 5.41) is 2.91. The first-order valence-electron chi connectivity index (χ1n) is 13.6. The van der Waals surface area contributed by atoms with E-state index in [0.717, 1.165) is 22.4 Å². The highest BCUT2D eigenvalue weighted by molar-refractivity contribution is 7.07. The zero-order valence-corrected chi connectivity index (χ0v) is 24.6. The number of allylic oxidation sites excluding steroid dienone is 1. The molecule has 6 nitrogen and oxygen atoms in total. The van der Waals surface area contributed by atoms with Gasteiger partial charge in [-0.2, -0.15) is 0 Å². The summed E-state index contributed by atoms with van der Waals surface area (Å²) in [6.07, 6.45) is 1.83. The summed E-state index contributed by atoms with van der Waals surface area (Å²) >= 11 is 7.42. The van der Waals surface area contributed by atoms with Gasteiger partial charge in [0.1, 0.15) is 12.4 Å². The second-order valence-electron chi connectivity index (χ2n) is 9.85. The van der Waals surface area contributed by atoms with Gasteiger partial charge in [0.15, 0.2) is 4.80 Å². The van der Waals surface area contributed by atoms with Crippen LogP contribution in [-0.2, 0) is 16.1 Å². The number of hydrogen-bond donors (Lipinski definition) is 0. The Hall–Kier alpha value is -4.46. The smallest absolute Gasteiger partial charge is 0.338 e. The van der Waals surface area contributed by atoms with Gasteiger partial charge in [0.05, 0.1) is 28.5 Å². The minimum absolute atomic E-state index is 0.217. The largest absolute Gasteiger partial charge is 0.489 e. The maximum atomic E-state index is 13.8. The summed E-state index contributed by atoms with van der Waals surface area (Å²) < 4.78 is 13.5. The number of ether oxygens (including phenoxy) is 2. The van der Waals surface area contributed by atoms with Crippen molar-refractivity contribution in [2.75, 3.05) is 6.61 Å². The number of carbonyl (C=O) groups excluding carboxylic acids is 1. The van der Waals surface area contributed by atoms with E-state index in [1.54, 1.807) is 30.5 Å². The topological polar surface area (TPSA) is 69.9 Å². The number of halogens is 1. The molecule has 1 aliphatic heterocycles. The number of nitrogens with zero attached hydrogens (tertiary/aromatic N) is 2. The molecular formula is C34H27ClN2O4S. The zero-order valence-electron chi connectivity index (χ0n) is 23.0. The Labute approximate surface area is 251 Å². The van der Waals surface area contributed by atoms with Crippen molar-refractivity contribution in [3.63, 3.8) is 0 Å². The highest BCUT2D eigenvalue weighted by Gasteiger charge is 2.33. The predicted octanol–water partition coefficient (Wildman–Crippen LogP) is 6.18. The molecule has 1 aromatic heterocycles. The number of thiazole rings is 1. The lowest BCUT2D eigenvalue weighted by molar-refractivity contribution is -0.139. The standard InChI is InChI=1S/C34H27ClN2O4S/c1-3-40-33(39)30-21(2)36-34-37(31(30)24-13-15-26(35)16-14-24)32(38)29(42-34)19-22-11-17-27(18-12-22)41-20-25-9-6-8-23-7-4-5-10-28(23)25/h4-19,31H,3,20H2,1-2H3/t31-/m1/s1. The molecule has 1 atom stereocenters. The molecule has 2 heterocycles. The number of hydrogen-bond acceptors (Lipinski definition) is 6. The number of benzene rings is 4. The van der Waals surface area contributed by atoms with E-state index in [0.29, 0.717) is 32.2 Å². The minimum atomic E-state index is -0.676. The molecule has 0 spiro atoms.